The van der Waals surface area contributed by atoms with Crippen LogP contribution in [-0.4, -0.2) is 36.3 Å². The van der Waals surface area contributed by atoms with Gasteiger partial charge in [0.2, 0.25) is 0 Å². The molecular weight excluding hydrogens is 254 g/mol. The van der Waals surface area contributed by atoms with Gasteiger partial charge in [-0.25, -0.2) is 9.59 Å². The third-order valence-corrected chi connectivity index (χ3v) is 1.69. The fourth-order valence-corrected chi connectivity index (χ4v) is 1.05. The maximum atomic E-state index is 11.5. The van der Waals surface area contributed by atoms with Gasteiger partial charge in [0, 0.05) is 12.4 Å². The normalized spacial score (nSPS) is 12.2. The van der Waals surface area contributed by atoms with E-state index in [0.717, 1.165) is 0 Å². The lowest BCUT2D eigenvalue weighted by Gasteiger charge is -2.23. The van der Waals surface area contributed by atoms with Crippen molar-refractivity contribution < 1.29 is 29.0 Å². The first-order chi connectivity index (χ1) is 8.65. The molecule has 19 heavy (non-hydrogen) atoms. The summed E-state index contributed by atoms with van der Waals surface area (Å²) in [7, 11) is 0. The largest absolute Gasteiger partial charge is 0.550 e. The van der Waals surface area contributed by atoms with E-state index in [1.165, 1.54) is 6.08 Å². The number of hydrogen-bond donors (Lipinski definition) is 1. The van der Waals surface area contributed by atoms with Crippen molar-refractivity contribution in [2.24, 2.45) is 0 Å². The molecule has 0 aromatic carbocycles. The number of ether oxygens (including phenoxy) is 2. The highest BCUT2D eigenvalue weighted by molar-refractivity contribution is 5.85. The van der Waals surface area contributed by atoms with Crippen molar-refractivity contribution in [2.45, 2.75) is 38.8 Å². The third kappa shape index (κ3) is 8.64. The summed E-state index contributed by atoms with van der Waals surface area (Å²) < 4.78 is 9.58. The fraction of sp³-hybridized carbons (Fsp3) is 0.583. The summed E-state index contributed by atoms with van der Waals surface area (Å²) in [4.78, 5) is 33.5. The molecule has 0 unspecified atom stereocenters. The number of esters is 1. The molecule has 1 amide bonds. The van der Waals surface area contributed by atoms with Crippen LogP contribution in [0.5, 0.6) is 0 Å². The number of amides is 1. The van der Waals surface area contributed by atoms with Crippen molar-refractivity contribution >= 4 is 18.0 Å². The van der Waals surface area contributed by atoms with Gasteiger partial charge in [0.25, 0.3) is 0 Å². The van der Waals surface area contributed by atoms with Gasteiger partial charge in [-0.3, -0.25) is 0 Å². The first kappa shape index (κ1) is 16.9. The summed E-state index contributed by atoms with van der Waals surface area (Å²) in [6, 6.07) is -1.36. The Kier molecular flexibility index (Phi) is 6.60. The van der Waals surface area contributed by atoms with Crippen LogP contribution >= 0.6 is 0 Å². The monoisotopic (exact) mass is 272 g/mol. The van der Waals surface area contributed by atoms with Crippen LogP contribution < -0.4 is 10.4 Å². The van der Waals surface area contributed by atoms with Gasteiger partial charge in [0.05, 0.1) is 0 Å². The zero-order chi connectivity index (χ0) is 15.1. The molecular formula is C12H18NO6-. The van der Waals surface area contributed by atoms with Crippen LogP contribution in [0.4, 0.5) is 4.79 Å². The van der Waals surface area contributed by atoms with Gasteiger partial charge in [-0.1, -0.05) is 12.7 Å². The van der Waals surface area contributed by atoms with Crippen LogP contribution in [0.2, 0.25) is 0 Å². The molecule has 1 N–H and O–H groups in total. The predicted molar refractivity (Wildman–Crippen MR) is 63.9 cm³/mol. The number of nitrogens with one attached hydrogen (secondary N) is 1. The standard InChI is InChI=1S/C12H19NO6/c1-5-6-18-10(16)8(7-9(14)15)13-11(17)19-12(2,3)4/h5,8H,1,6-7H2,2-4H3,(H,13,17)(H,14,15)/p-1/t8-/m0/s1. The van der Waals surface area contributed by atoms with Crippen molar-refractivity contribution in [3.8, 4) is 0 Å². The lowest BCUT2D eigenvalue weighted by molar-refractivity contribution is -0.306. The Hall–Kier alpha value is -2.05. The van der Waals surface area contributed by atoms with Crippen molar-refractivity contribution in [3.63, 3.8) is 0 Å². The SMILES string of the molecule is C=CCOC(=O)[C@H](CC(=O)[O-])NC(=O)OC(C)(C)C. The van der Waals surface area contributed by atoms with Gasteiger partial charge in [0.1, 0.15) is 18.2 Å². The summed E-state index contributed by atoms with van der Waals surface area (Å²) in [5.74, 6) is -2.38. The van der Waals surface area contributed by atoms with E-state index in [-0.39, 0.29) is 6.61 Å². The number of rotatable bonds is 6. The molecule has 0 aliphatic rings. The van der Waals surface area contributed by atoms with Gasteiger partial charge in [-0.2, -0.15) is 0 Å². The summed E-state index contributed by atoms with van der Waals surface area (Å²) in [6.45, 7) is 8.17. The predicted octanol–water partition coefficient (Wildman–Crippen LogP) is -0.251. The van der Waals surface area contributed by atoms with Crippen LogP contribution in [-0.2, 0) is 19.1 Å². The minimum atomic E-state index is -1.49. The number of hydrogen-bond acceptors (Lipinski definition) is 6. The highest BCUT2D eigenvalue weighted by Crippen LogP contribution is 2.07. The second-order valence-corrected chi connectivity index (χ2v) is 4.69. The van der Waals surface area contributed by atoms with Crippen LogP contribution in [0, 0.1) is 0 Å². The van der Waals surface area contributed by atoms with E-state index < -0.39 is 36.1 Å². The molecule has 0 aliphatic carbocycles. The minimum Gasteiger partial charge on any atom is -0.550 e. The molecule has 0 radical (unpaired) electrons. The van der Waals surface area contributed by atoms with Gasteiger partial charge in [-0.15, -0.1) is 0 Å². The van der Waals surface area contributed by atoms with Crippen LogP contribution in [0.1, 0.15) is 27.2 Å². The Balaban J connectivity index is 4.58. The first-order valence-corrected chi connectivity index (χ1v) is 5.62. The molecule has 0 saturated carbocycles. The number of carbonyl (C=O) groups excluding carboxylic acids is 3. The fourth-order valence-electron chi connectivity index (χ4n) is 1.05. The molecule has 0 heterocycles. The highest BCUT2D eigenvalue weighted by atomic mass is 16.6. The van der Waals surface area contributed by atoms with Crippen molar-refractivity contribution in [2.75, 3.05) is 6.61 Å². The molecule has 0 fully saturated rings. The Morgan fingerprint density at radius 2 is 1.95 bits per heavy atom. The third-order valence-electron chi connectivity index (χ3n) is 1.69. The topological polar surface area (TPSA) is 105 Å². The molecule has 0 aromatic rings. The van der Waals surface area contributed by atoms with Gasteiger partial charge in [0.15, 0.2) is 0 Å². The molecule has 0 spiro atoms. The van der Waals surface area contributed by atoms with Crippen molar-refractivity contribution in [1.82, 2.24) is 5.32 Å². The van der Waals surface area contributed by atoms with E-state index in [0.29, 0.717) is 0 Å². The number of carboxylic acids is 1. The van der Waals surface area contributed by atoms with Crippen LogP contribution in [0.25, 0.3) is 0 Å². The average molecular weight is 272 g/mol. The Bertz CT molecular complexity index is 358. The summed E-state index contributed by atoms with van der Waals surface area (Å²) in [5.41, 5.74) is -0.763. The molecule has 0 aromatic heterocycles. The van der Waals surface area contributed by atoms with E-state index in [4.69, 9.17) is 4.74 Å². The van der Waals surface area contributed by atoms with E-state index in [1.54, 1.807) is 20.8 Å². The molecule has 7 heteroatoms. The van der Waals surface area contributed by atoms with Gasteiger partial charge < -0.3 is 24.7 Å². The van der Waals surface area contributed by atoms with Crippen molar-refractivity contribution in [3.05, 3.63) is 12.7 Å². The second kappa shape index (κ2) is 7.40. The quantitative estimate of drug-likeness (QED) is 0.528. The second-order valence-electron chi connectivity index (χ2n) is 4.69. The number of carbonyl (C=O) groups is 3. The number of aliphatic carboxylic acids is 1. The molecule has 0 aliphatic heterocycles. The van der Waals surface area contributed by atoms with Crippen LogP contribution in [0.15, 0.2) is 12.7 Å². The maximum absolute atomic E-state index is 11.5. The van der Waals surface area contributed by atoms with Crippen molar-refractivity contribution in [1.29, 1.82) is 0 Å². The molecule has 7 nitrogen and oxygen atoms in total. The summed E-state index contributed by atoms with van der Waals surface area (Å²) >= 11 is 0. The molecule has 0 rings (SSSR count). The van der Waals surface area contributed by atoms with E-state index in [2.05, 4.69) is 16.6 Å². The van der Waals surface area contributed by atoms with E-state index in [9.17, 15) is 19.5 Å². The van der Waals surface area contributed by atoms with E-state index >= 15 is 0 Å². The number of alkyl carbamates (subject to hydrolysis) is 1. The Morgan fingerprint density at radius 1 is 1.37 bits per heavy atom. The van der Waals surface area contributed by atoms with E-state index in [1.807, 2.05) is 0 Å². The molecule has 108 valence electrons. The number of carboxylic acid groups (broad SMARTS) is 1. The summed E-state index contributed by atoms with van der Waals surface area (Å²) in [6.07, 6.45) is -0.286. The summed E-state index contributed by atoms with van der Waals surface area (Å²) in [5, 5.41) is 12.6. The minimum absolute atomic E-state index is 0.0849. The van der Waals surface area contributed by atoms with Gasteiger partial charge >= 0.3 is 12.1 Å². The highest BCUT2D eigenvalue weighted by Gasteiger charge is 2.25. The Morgan fingerprint density at radius 3 is 2.37 bits per heavy atom. The van der Waals surface area contributed by atoms with Crippen LogP contribution in [0.3, 0.4) is 0 Å². The zero-order valence-electron chi connectivity index (χ0n) is 11.2. The lowest BCUT2D eigenvalue weighted by atomic mass is 10.2. The molecule has 0 bridgehead atoms. The lowest BCUT2D eigenvalue weighted by Crippen LogP contribution is -2.47. The molecule has 1 atom stereocenters. The van der Waals surface area contributed by atoms with Gasteiger partial charge in [-0.05, 0) is 20.8 Å². The smallest absolute Gasteiger partial charge is 0.408 e. The first-order valence-electron chi connectivity index (χ1n) is 5.62. The maximum Gasteiger partial charge on any atom is 0.408 e. The Labute approximate surface area is 111 Å². The zero-order valence-corrected chi connectivity index (χ0v) is 11.2. The molecule has 0 saturated heterocycles. The average Bonchev–Trinajstić information content (AvgIpc) is 2.21.